The van der Waals surface area contributed by atoms with Crippen molar-refractivity contribution >= 4 is 0 Å². The van der Waals surface area contributed by atoms with E-state index in [0.717, 1.165) is 56.1 Å². The second kappa shape index (κ2) is 5.23. The molecule has 1 N–H and O–H groups in total. The molecule has 0 radical (unpaired) electrons. The van der Waals surface area contributed by atoms with Gasteiger partial charge in [0.25, 0.3) is 0 Å². The number of hydrogen-bond donors (Lipinski definition) is 1. The number of fused-ring (bicyclic) bond motifs is 5. The number of hydrogen-bond acceptors (Lipinski definition) is 3. The van der Waals surface area contributed by atoms with Gasteiger partial charge in [0.05, 0.1) is 18.8 Å². The summed E-state index contributed by atoms with van der Waals surface area (Å²) < 4.78 is 12.1. The van der Waals surface area contributed by atoms with Crippen LogP contribution in [0, 0.1) is 34.5 Å². The molecule has 0 aromatic heterocycles. The maximum atomic E-state index is 11.0. The smallest absolute Gasteiger partial charge is 0.168 e. The average Bonchev–Trinajstić information content (AvgIpc) is 3.11. The molecule has 0 aromatic carbocycles. The third-order valence-electron chi connectivity index (χ3n) is 10.0. The van der Waals surface area contributed by atoms with E-state index in [1.807, 2.05) is 0 Å². The second-order valence-electron chi connectivity index (χ2n) is 10.7. The molecule has 3 nitrogen and oxygen atoms in total. The Labute approximate surface area is 152 Å². The molecule has 0 bridgehead atoms. The van der Waals surface area contributed by atoms with E-state index in [2.05, 4.69) is 20.8 Å². The average molecular weight is 349 g/mol. The molecular weight excluding hydrogens is 312 g/mol. The highest BCUT2D eigenvalue weighted by molar-refractivity contribution is 5.13. The Morgan fingerprint density at radius 1 is 0.800 bits per heavy atom. The molecule has 1 spiro atoms. The Balaban J connectivity index is 1.41. The van der Waals surface area contributed by atoms with Crippen molar-refractivity contribution in [2.24, 2.45) is 34.5 Å². The largest absolute Gasteiger partial charge is 0.390 e. The van der Waals surface area contributed by atoms with E-state index in [9.17, 15) is 5.11 Å². The topological polar surface area (TPSA) is 38.7 Å². The van der Waals surface area contributed by atoms with E-state index >= 15 is 0 Å². The van der Waals surface area contributed by atoms with Gasteiger partial charge in [-0.15, -0.1) is 0 Å². The van der Waals surface area contributed by atoms with Crippen LogP contribution in [0.4, 0.5) is 0 Å². The summed E-state index contributed by atoms with van der Waals surface area (Å²) in [4.78, 5) is 0. The summed E-state index contributed by atoms with van der Waals surface area (Å²) in [6.45, 7) is 8.66. The minimum Gasteiger partial charge on any atom is -0.390 e. The van der Waals surface area contributed by atoms with Crippen LogP contribution in [0.3, 0.4) is 0 Å². The van der Waals surface area contributed by atoms with Crippen LogP contribution in [0.5, 0.6) is 0 Å². The van der Waals surface area contributed by atoms with Crippen LogP contribution >= 0.6 is 0 Å². The lowest BCUT2D eigenvalue weighted by Gasteiger charge is -2.62. The molecule has 0 amide bonds. The summed E-state index contributed by atoms with van der Waals surface area (Å²) in [5.74, 6) is 2.92. The summed E-state index contributed by atoms with van der Waals surface area (Å²) in [5, 5.41) is 11.0. The molecule has 142 valence electrons. The van der Waals surface area contributed by atoms with Gasteiger partial charge in [-0.3, -0.25) is 0 Å². The van der Waals surface area contributed by atoms with Gasteiger partial charge in [-0.1, -0.05) is 13.8 Å². The first kappa shape index (κ1) is 17.0. The van der Waals surface area contributed by atoms with Gasteiger partial charge in [0.1, 0.15) is 0 Å². The van der Waals surface area contributed by atoms with Crippen LogP contribution < -0.4 is 0 Å². The Morgan fingerprint density at radius 3 is 2.28 bits per heavy atom. The molecule has 5 rings (SSSR count). The Kier molecular flexibility index (Phi) is 3.56. The summed E-state index contributed by atoms with van der Waals surface area (Å²) in [7, 11) is 0. The fraction of sp³-hybridized carbons (Fsp3) is 1.00. The van der Waals surface area contributed by atoms with E-state index in [4.69, 9.17) is 9.47 Å². The van der Waals surface area contributed by atoms with Gasteiger partial charge in [0, 0.05) is 12.8 Å². The lowest BCUT2D eigenvalue weighted by molar-refractivity contribution is -0.232. The van der Waals surface area contributed by atoms with E-state index in [1.54, 1.807) is 0 Å². The van der Waals surface area contributed by atoms with Gasteiger partial charge in [-0.2, -0.15) is 0 Å². The molecule has 1 saturated heterocycles. The molecule has 4 saturated carbocycles. The maximum absolute atomic E-state index is 11.0. The molecule has 7 atom stereocenters. The first-order valence-corrected chi connectivity index (χ1v) is 10.8. The van der Waals surface area contributed by atoms with Crippen LogP contribution in [0.15, 0.2) is 0 Å². The van der Waals surface area contributed by atoms with E-state index in [-0.39, 0.29) is 11.2 Å². The van der Waals surface area contributed by atoms with Crippen molar-refractivity contribution in [2.75, 3.05) is 13.2 Å². The third-order valence-corrected chi connectivity index (χ3v) is 10.0. The highest BCUT2D eigenvalue weighted by Crippen LogP contribution is 2.69. The third kappa shape index (κ3) is 2.15. The van der Waals surface area contributed by atoms with Crippen molar-refractivity contribution in [2.45, 2.75) is 89.9 Å². The predicted octanol–water partition coefficient (Wildman–Crippen LogP) is 4.52. The van der Waals surface area contributed by atoms with E-state index in [1.165, 1.54) is 38.5 Å². The zero-order valence-electron chi connectivity index (χ0n) is 16.4. The van der Waals surface area contributed by atoms with Gasteiger partial charge in [-0.05, 0) is 86.4 Å². The van der Waals surface area contributed by atoms with Gasteiger partial charge >= 0.3 is 0 Å². The summed E-state index contributed by atoms with van der Waals surface area (Å²) in [6, 6.07) is 0. The Morgan fingerprint density at radius 2 is 1.52 bits per heavy atom. The van der Waals surface area contributed by atoms with Crippen LogP contribution in [0.2, 0.25) is 0 Å². The maximum Gasteiger partial charge on any atom is 0.168 e. The number of aliphatic hydroxyl groups is 1. The molecule has 1 heterocycles. The molecule has 25 heavy (non-hydrogen) atoms. The molecule has 4 aliphatic carbocycles. The molecular formula is C22H36O3. The summed E-state index contributed by atoms with van der Waals surface area (Å²) >= 11 is 0. The summed E-state index contributed by atoms with van der Waals surface area (Å²) in [5.41, 5.74) is 0.146. The minimum absolute atomic E-state index is 0.144. The summed E-state index contributed by atoms with van der Waals surface area (Å²) in [6.07, 6.45) is 10.9. The second-order valence-corrected chi connectivity index (χ2v) is 10.7. The van der Waals surface area contributed by atoms with E-state index in [0.29, 0.717) is 5.41 Å². The molecule has 5 aliphatic rings. The van der Waals surface area contributed by atoms with Gasteiger partial charge in [0.15, 0.2) is 5.79 Å². The van der Waals surface area contributed by atoms with Gasteiger partial charge in [0.2, 0.25) is 0 Å². The predicted molar refractivity (Wildman–Crippen MR) is 97.0 cm³/mol. The fourth-order valence-electron chi connectivity index (χ4n) is 8.20. The SMILES string of the molecule is C[C@]12CCC3(C[C@@H]1CC[C@@H]1[C@H]4CC[C@](C)(O)[C@]4(C)CC[C@@H]12)OCCO3. The zero-order chi connectivity index (χ0) is 17.5. The normalized spacial score (nSPS) is 57.1. The monoisotopic (exact) mass is 348 g/mol. The van der Waals surface area contributed by atoms with Crippen molar-refractivity contribution < 1.29 is 14.6 Å². The van der Waals surface area contributed by atoms with Crippen LogP contribution in [-0.4, -0.2) is 29.7 Å². The highest BCUT2D eigenvalue weighted by Gasteiger charge is 2.64. The number of rotatable bonds is 0. The fourth-order valence-corrected chi connectivity index (χ4v) is 8.20. The van der Waals surface area contributed by atoms with Crippen molar-refractivity contribution in [3.05, 3.63) is 0 Å². The van der Waals surface area contributed by atoms with Crippen molar-refractivity contribution in [3.63, 3.8) is 0 Å². The Hall–Kier alpha value is -0.120. The van der Waals surface area contributed by atoms with Crippen LogP contribution in [-0.2, 0) is 9.47 Å². The minimum atomic E-state index is -0.456. The first-order valence-electron chi connectivity index (χ1n) is 10.8. The van der Waals surface area contributed by atoms with Gasteiger partial charge < -0.3 is 14.6 Å². The van der Waals surface area contributed by atoms with Crippen LogP contribution in [0.25, 0.3) is 0 Å². The van der Waals surface area contributed by atoms with Crippen molar-refractivity contribution in [1.82, 2.24) is 0 Å². The molecule has 0 aromatic rings. The standard InChI is InChI=1S/C22H36O3/c1-19-10-11-22(24-12-13-25-22)14-15(19)4-5-16-17(19)6-8-20(2)18(16)7-9-21(20,3)23/h15-18,23H,4-14H2,1-3H3/t15-,16-,17-,18+,19-,20+,21-/m0/s1. The molecule has 3 heteroatoms. The van der Waals surface area contributed by atoms with Crippen LogP contribution in [0.1, 0.15) is 78.6 Å². The molecule has 5 fully saturated rings. The highest BCUT2D eigenvalue weighted by atomic mass is 16.7. The molecule has 1 aliphatic heterocycles. The lowest BCUT2D eigenvalue weighted by Crippen LogP contribution is -2.57. The first-order chi connectivity index (χ1) is 11.8. The van der Waals surface area contributed by atoms with E-state index < -0.39 is 5.60 Å². The Bertz CT molecular complexity index is 551. The lowest BCUT2D eigenvalue weighted by atomic mass is 9.44. The van der Waals surface area contributed by atoms with Crippen molar-refractivity contribution in [1.29, 1.82) is 0 Å². The number of ether oxygens (including phenoxy) is 2. The van der Waals surface area contributed by atoms with Gasteiger partial charge in [-0.25, -0.2) is 0 Å². The quantitative estimate of drug-likeness (QED) is 0.699. The molecule has 0 unspecified atom stereocenters. The zero-order valence-corrected chi connectivity index (χ0v) is 16.4. The van der Waals surface area contributed by atoms with Crippen molar-refractivity contribution in [3.8, 4) is 0 Å².